The summed E-state index contributed by atoms with van der Waals surface area (Å²) < 4.78 is 6.81. The van der Waals surface area contributed by atoms with Gasteiger partial charge in [-0.25, -0.2) is 4.79 Å². The Morgan fingerprint density at radius 3 is 2.61 bits per heavy atom. The lowest BCUT2D eigenvalue weighted by Crippen LogP contribution is -2.43. The summed E-state index contributed by atoms with van der Waals surface area (Å²) in [5, 5.41) is 2.81. The van der Waals surface area contributed by atoms with E-state index >= 15 is 0 Å². The van der Waals surface area contributed by atoms with E-state index in [1.54, 1.807) is 11.0 Å². The molecule has 0 spiro atoms. The summed E-state index contributed by atoms with van der Waals surface area (Å²) in [4.78, 5) is 13.7. The van der Waals surface area contributed by atoms with Gasteiger partial charge in [-0.05, 0) is 28.1 Å². The van der Waals surface area contributed by atoms with Crippen LogP contribution in [0.25, 0.3) is 0 Å². The number of hydrogen-bond donors (Lipinski definition) is 2. The summed E-state index contributed by atoms with van der Waals surface area (Å²) in [7, 11) is 0. The number of hydrogen-bond acceptors (Lipinski definition) is 3. The summed E-state index contributed by atoms with van der Waals surface area (Å²) in [6, 6.07) is 3.43. The molecule has 0 aliphatic carbocycles. The van der Waals surface area contributed by atoms with Crippen LogP contribution in [0.15, 0.2) is 21.1 Å². The molecule has 0 atom stereocenters. The third-order valence-electron chi connectivity index (χ3n) is 2.62. The normalized spacial score (nSPS) is 15.6. The first-order valence-electron chi connectivity index (χ1n) is 5.46. The molecule has 1 aliphatic rings. The Kier molecular flexibility index (Phi) is 4.47. The lowest BCUT2D eigenvalue weighted by atomic mass is 10.2. The highest BCUT2D eigenvalue weighted by Gasteiger charge is 2.18. The molecule has 0 unspecified atom stereocenters. The Morgan fingerprint density at radius 1 is 1.33 bits per heavy atom. The summed E-state index contributed by atoms with van der Waals surface area (Å²) in [6.45, 7) is 2.34. The molecule has 0 saturated carbocycles. The number of urea groups is 1. The molecule has 2 amide bonds. The standard InChI is InChI=1S/C11H13Br2N3O2/c12-7-5-8(13)10(9(14)6-7)15-11(17)16-1-3-18-4-2-16/h5-6H,1-4,14H2,(H,15,17). The van der Waals surface area contributed by atoms with E-state index < -0.39 is 0 Å². The van der Waals surface area contributed by atoms with Crippen molar-refractivity contribution >= 4 is 49.3 Å². The maximum absolute atomic E-state index is 12.0. The van der Waals surface area contributed by atoms with Gasteiger partial charge in [0.2, 0.25) is 0 Å². The first-order valence-corrected chi connectivity index (χ1v) is 7.04. The van der Waals surface area contributed by atoms with Gasteiger partial charge in [-0.2, -0.15) is 0 Å². The minimum atomic E-state index is -0.159. The Bertz CT molecular complexity index is 439. The van der Waals surface area contributed by atoms with Gasteiger partial charge >= 0.3 is 6.03 Å². The van der Waals surface area contributed by atoms with E-state index in [1.165, 1.54) is 0 Å². The molecule has 1 aliphatic heterocycles. The first kappa shape index (κ1) is 13.6. The smallest absolute Gasteiger partial charge is 0.322 e. The van der Waals surface area contributed by atoms with E-state index in [9.17, 15) is 4.79 Å². The fourth-order valence-electron chi connectivity index (χ4n) is 1.68. The molecule has 1 aromatic carbocycles. The van der Waals surface area contributed by atoms with Gasteiger partial charge in [-0.3, -0.25) is 0 Å². The average molecular weight is 379 g/mol. The van der Waals surface area contributed by atoms with Crippen LogP contribution < -0.4 is 11.1 Å². The monoisotopic (exact) mass is 377 g/mol. The largest absolute Gasteiger partial charge is 0.397 e. The molecule has 1 aromatic rings. The van der Waals surface area contributed by atoms with Crippen molar-refractivity contribution in [1.82, 2.24) is 4.90 Å². The fourth-order valence-corrected chi connectivity index (χ4v) is 3.04. The summed E-state index contributed by atoms with van der Waals surface area (Å²) in [5.74, 6) is 0. The maximum atomic E-state index is 12.0. The minimum Gasteiger partial charge on any atom is -0.397 e. The van der Waals surface area contributed by atoms with Crippen LogP contribution in [-0.4, -0.2) is 37.2 Å². The highest BCUT2D eigenvalue weighted by Crippen LogP contribution is 2.32. The van der Waals surface area contributed by atoms with E-state index in [4.69, 9.17) is 10.5 Å². The Hall–Kier alpha value is -0.790. The number of benzene rings is 1. The van der Waals surface area contributed by atoms with Crippen molar-refractivity contribution in [3.05, 3.63) is 21.1 Å². The maximum Gasteiger partial charge on any atom is 0.322 e. The number of morpholine rings is 1. The van der Waals surface area contributed by atoms with E-state index in [0.29, 0.717) is 37.7 Å². The van der Waals surface area contributed by atoms with E-state index in [2.05, 4.69) is 37.2 Å². The van der Waals surface area contributed by atoms with E-state index in [0.717, 1.165) is 8.95 Å². The molecule has 3 N–H and O–H groups in total. The summed E-state index contributed by atoms with van der Waals surface area (Å²) in [6.07, 6.45) is 0. The molecule has 98 valence electrons. The molecule has 0 bridgehead atoms. The third kappa shape index (κ3) is 3.15. The predicted octanol–water partition coefficient (Wildman–Crippen LogP) is 2.66. The van der Waals surface area contributed by atoms with Gasteiger partial charge in [-0.1, -0.05) is 15.9 Å². The second kappa shape index (κ2) is 5.90. The molecule has 0 aromatic heterocycles. The van der Waals surface area contributed by atoms with E-state index in [1.807, 2.05) is 6.07 Å². The molecule has 18 heavy (non-hydrogen) atoms. The Morgan fingerprint density at radius 2 is 2.00 bits per heavy atom. The number of carbonyl (C=O) groups excluding carboxylic acids is 1. The number of nitrogens with one attached hydrogen (secondary N) is 1. The van der Waals surface area contributed by atoms with Gasteiger partial charge in [0, 0.05) is 22.0 Å². The van der Waals surface area contributed by atoms with Gasteiger partial charge in [0.25, 0.3) is 0 Å². The van der Waals surface area contributed by atoms with Crippen LogP contribution in [0.1, 0.15) is 0 Å². The van der Waals surface area contributed by atoms with E-state index in [-0.39, 0.29) is 6.03 Å². The van der Waals surface area contributed by atoms with Crippen molar-refractivity contribution in [3.63, 3.8) is 0 Å². The lowest BCUT2D eigenvalue weighted by Gasteiger charge is -2.27. The second-order valence-electron chi connectivity index (χ2n) is 3.88. The average Bonchev–Trinajstić information content (AvgIpc) is 2.34. The summed E-state index contributed by atoms with van der Waals surface area (Å²) >= 11 is 6.72. The minimum absolute atomic E-state index is 0.159. The van der Waals surface area contributed by atoms with Crippen LogP contribution in [0.3, 0.4) is 0 Å². The molecule has 1 saturated heterocycles. The first-order chi connectivity index (χ1) is 8.58. The van der Waals surface area contributed by atoms with Crippen molar-refractivity contribution < 1.29 is 9.53 Å². The number of nitrogens with two attached hydrogens (primary N) is 1. The lowest BCUT2D eigenvalue weighted by molar-refractivity contribution is 0.0564. The third-order valence-corrected chi connectivity index (χ3v) is 3.70. The number of nitrogens with zero attached hydrogens (tertiary/aromatic N) is 1. The number of rotatable bonds is 1. The van der Waals surface area contributed by atoms with Crippen LogP contribution in [0.4, 0.5) is 16.2 Å². The van der Waals surface area contributed by atoms with Crippen molar-refractivity contribution in [2.24, 2.45) is 0 Å². The molecule has 7 heteroatoms. The molecule has 2 rings (SSSR count). The molecule has 1 heterocycles. The number of ether oxygens (including phenoxy) is 1. The van der Waals surface area contributed by atoms with Gasteiger partial charge in [0.1, 0.15) is 0 Å². The van der Waals surface area contributed by atoms with Crippen molar-refractivity contribution in [3.8, 4) is 0 Å². The highest BCUT2D eigenvalue weighted by molar-refractivity contribution is 9.11. The molecular weight excluding hydrogens is 366 g/mol. The topological polar surface area (TPSA) is 67.6 Å². The van der Waals surface area contributed by atoms with Gasteiger partial charge in [0.15, 0.2) is 0 Å². The zero-order valence-corrected chi connectivity index (χ0v) is 12.8. The zero-order chi connectivity index (χ0) is 13.1. The molecule has 5 nitrogen and oxygen atoms in total. The second-order valence-corrected chi connectivity index (χ2v) is 5.65. The number of anilines is 2. The van der Waals surface area contributed by atoms with Crippen LogP contribution in [0, 0.1) is 0 Å². The van der Waals surface area contributed by atoms with Gasteiger partial charge < -0.3 is 20.7 Å². The Balaban J connectivity index is 2.11. The molecule has 1 fully saturated rings. The number of amides is 2. The fraction of sp³-hybridized carbons (Fsp3) is 0.364. The van der Waals surface area contributed by atoms with Gasteiger partial charge in [0.05, 0.1) is 24.6 Å². The van der Waals surface area contributed by atoms with Crippen LogP contribution in [-0.2, 0) is 4.74 Å². The molecule has 0 radical (unpaired) electrons. The molecular formula is C11H13Br2N3O2. The number of halogens is 2. The number of carbonyl (C=O) groups is 1. The van der Waals surface area contributed by atoms with Crippen molar-refractivity contribution in [1.29, 1.82) is 0 Å². The summed E-state index contributed by atoms with van der Waals surface area (Å²) in [5.41, 5.74) is 6.99. The van der Waals surface area contributed by atoms with Crippen LogP contribution >= 0.6 is 31.9 Å². The van der Waals surface area contributed by atoms with Crippen molar-refractivity contribution in [2.75, 3.05) is 37.4 Å². The van der Waals surface area contributed by atoms with Crippen molar-refractivity contribution in [2.45, 2.75) is 0 Å². The zero-order valence-electron chi connectivity index (χ0n) is 9.58. The SMILES string of the molecule is Nc1cc(Br)cc(Br)c1NC(=O)N1CCOCC1. The van der Waals surface area contributed by atoms with Gasteiger partial charge in [-0.15, -0.1) is 0 Å². The van der Waals surface area contributed by atoms with Crippen LogP contribution in [0.2, 0.25) is 0 Å². The highest BCUT2D eigenvalue weighted by atomic mass is 79.9. The quantitative estimate of drug-likeness (QED) is 0.738. The van der Waals surface area contributed by atoms with Crippen LogP contribution in [0.5, 0.6) is 0 Å². The number of nitrogen functional groups attached to an aromatic ring is 1. The predicted molar refractivity (Wildman–Crippen MR) is 77.7 cm³/mol. The Labute approximate surface area is 122 Å².